The topological polar surface area (TPSA) is 99.4 Å². The van der Waals surface area contributed by atoms with Crippen molar-refractivity contribution in [1.82, 2.24) is 20.1 Å². The molecule has 1 aliphatic heterocycles. The van der Waals surface area contributed by atoms with Crippen LogP contribution in [0.2, 0.25) is 0 Å². The van der Waals surface area contributed by atoms with Crippen molar-refractivity contribution in [2.24, 2.45) is 5.92 Å². The first-order valence-electron chi connectivity index (χ1n) is 14.2. The molecule has 1 aliphatic rings. The molecule has 2 heterocycles. The number of amidine groups is 1. The highest BCUT2D eigenvalue weighted by Crippen LogP contribution is 2.26. The van der Waals surface area contributed by atoms with Gasteiger partial charge in [0.25, 0.3) is 5.91 Å². The maximum Gasteiger partial charge on any atom is 0.413 e. The monoisotopic (exact) mass is 553 g/mol. The molecule has 214 valence electrons. The third-order valence-electron chi connectivity index (χ3n) is 7.65. The minimum Gasteiger partial charge on any atom is -0.444 e. The lowest BCUT2D eigenvalue weighted by atomic mass is 9.97. The van der Waals surface area contributed by atoms with E-state index in [2.05, 4.69) is 46.8 Å². The molecule has 0 bridgehead atoms. The van der Waals surface area contributed by atoms with Gasteiger partial charge in [0.15, 0.2) is 0 Å². The van der Waals surface area contributed by atoms with Crippen LogP contribution in [0.3, 0.4) is 0 Å². The Morgan fingerprint density at radius 1 is 0.976 bits per heavy atom. The molecule has 5 rings (SSSR count). The number of alkyl carbamates (subject to hydrolysis) is 1. The highest BCUT2D eigenvalue weighted by atomic mass is 16.6. The van der Waals surface area contributed by atoms with Gasteiger partial charge in [-0.15, -0.1) is 0 Å². The molecule has 0 atom stereocenters. The van der Waals surface area contributed by atoms with Crippen LogP contribution in [-0.2, 0) is 11.3 Å². The van der Waals surface area contributed by atoms with Crippen molar-refractivity contribution < 1.29 is 14.3 Å². The zero-order valence-corrected chi connectivity index (χ0v) is 24.3. The van der Waals surface area contributed by atoms with E-state index in [-0.39, 0.29) is 11.7 Å². The van der Waals surface area contributed by atoms with E-state index < -0.39 is 11.7 Å². The second kappa shape index (κ2) is 11.7. The summed E-state index contributed by atoms with van der Waals surface area (Å²) in [6.45, 7) is 8.57. The molecule has 4 aromatic rings. The number of rotatable bonds is 6. The van der Waals surface area contributed by atoms with Gasteiger partial charge in [0.1, 0.15) is 17.1 Å². The van der Waals surface area contributed by atoms with Crippen LogP contribution in [0, 0.1) is 11.3 Å². The van der Waals surface area contributed by atoms with Crippen molar-refractivity contribution in [2.75, 3.05) is 26.7 Å². The summed E-state index contributed by atoms with van der Waals surface area (Å²) < 4.78 is 7.35. The second-order valence-electron chi connectivity index (χ2n) is 12.0. The fourth-order valence-corrected chi connectivity index (χ4v) is 5.44. The van der Waals surface area contributed by atoms with Gasteiger partial charge >= 0.3 is 6.09 Å². The number of carbonyl (C=O) groups is 2. The molecule has 3 N–H and O–H groups in total. The summed E-state index contributed by atoms with van der Waals surface area (Å²) in [6, 6.07) is 21.9. The van der Waals surface area contributed by atoms with Crippen molar-refractivity contribution >= 4 is 39.5 Å². The molecule has 0 aliphatic carbocycles. The number of aromatic nitrogens is 1. The van der Waals surface area contributed by atoms with Gasteiger partial charge < -0.3 is 19.5 Å². The van der Waals surface area contributed by atoms with Crippen LogP contribution in [0.15, 0.2) is 66.7 Å². The molecule has 1 aromatic heterocycles. The summed E-state index contributed by atoms with van der Waals surface area (Å²) >= 11 is 0. The number of ether oxygens (including phenoxy) is 1. The third kappa shape index (κ3) is 6.77. The molecule has 0 saturated carbocycles. The molecule has 0 radical (unpaired) electrons. The van der Waals surface area contributed by atoms with E-state index in [4.69, 9.17) is 10.1 Å². The predicted molar refractivity (Wildman–Crippen MR) is 164 cm³/mol. The van der Waals surface area contributed by atoms with Crippen molar-refractivity contribution in [3.63, 3.8) is 0 Å². The molecule has 0 spiro atoms. The Bertz CT molecular complexity index is 1590. The van der Waals surface area contributed by atoms with Crippen molar-refractivity contribution in [3.05, 3.63) is 83.6 Å². The first kappa shape index (κ1) is 28.4. The first-order valence-corrected chi connectivity index (χ1v) is 14.2. The Hall–Kier alpha value is -4.17. The summed E-state index contributed by atoms with van der Waals surface area (Å²) in [7, 11) is 2.14. The number of amides is 2. The fourth-order valence-electron chi connectivity index (χ4n) is 5.44. The van der Waals surface area contributed by atoms with Crippen LogP contribution < -0.4 is 10.6 Å². The number of nitrogens with zero attached hydrogens (tertiary/aromatic N) is 2. The quantitative estimate of drug-likeness (QED) is 0.209. The molecule has 41 heavy (non-hydrogen) atoms. The average molecular weight is 554 g/mol. The van der Waals surface area contributed by atoms with Gasteiger partial charge in [0, 0.05) is 29.6 Å². The molecule has 1 fully saturated rings. The van der Waals surface area contributed by atoms with E-state index >= 15 is 0 Å². The van der Waals surface area contributed by atoms with E-state index in [0.717, 1.165) is 53.2 Å². The highest BCUT2D eigenvalue weighted by Gasteiger charge is 2.22. The van der Waals surface area contributed by atoms with Gasteiger partial charge in [-0.25, -0.2) is 4.79 Å². The lowest BCUT2D eigenvalue weighted by Gasteiger charge is -2.29. The summed E-state index contributed by atoms with van der Waals surface area (Å²) in [5.41, 5.74) is 2.34. The van der Waals surface area contributed by atoms with Gasteiger partial charge in [-0.3, -0.25) is 15.5 Å². The predicted octanol–water partition coefficient (Wildman–Crippen LogP) is 5.76. The average Bonchev–Trinajstić information content (AvgIpc) is 3.29. The summed E-state index contributed by atoms with van der Waals surface area (Å²) in [5.74, 6) is 0.299. The van der Waals surface area contributed by atoms with Crippen molar-refractivity contribution in [2.45, 2.75) is 45.8 Å². The van der Waals surface area contributed by atoms with Gasteiger partial charge in [-0.2, -0.15) is 0 Å². The number of nitrogens with one attached hydrogen (secondary N) is 3. The number of fused-ring (bicyclic) bond motifs is 2. The number of benzene rings is 3. The van der Waals surface area contributed by atoms with Gasteiger partial charge in [0.05, 0.1) is 0 Å². The van der Waals surface area contributed by atoms with E-state index in [0.29, 0.717) is 30.3 Å². The number of carbonyl (C=O) groups excluding carboxylic acids is 2. The van der Waals surface area contributed by atoms with E-state index in [1.54, 1.807) is 26.8 Å². The zero-order chi connectivity index (χ0) is 29.1. The molecular formula is C33H39N5O3. The Balaban J connectivity index is 1.48. The summed E-state index contributed by atoms with van der Waals surface area (Å²) in [5, 5.41) is 17.4. The maximum absolute atomic E-state index is 13.6. The minimum atomic E-state index is -0.678. The smallest absolute Gasteiger partial charge is 0.413 e. The minimum absolute atomic E-state index is 0.0627. The van der Waals surface area contributed by atoms with Gasteiger partial charge in [-0.05, 0) is 88.1 Å². The van der Waals surface area contributed by atoms with Crippen LogP contribution in [0.5, 0.6) is 0 Å². The summed E-state index contributed by atoms with van der Waals surface area (Å²) in [6.07, 6.45) is 1.47. The maximum atomic E-state index is 13.6. The van der Waals surface area contributed by atoms with Crippen LogP contribution in [0.1, 0.15) is 55.2 Å². The second-order valence-corrected chi connectivity index (χ2v) is 12.0. The van der Waals surface area contributed by atoms with Crippen LogP contribution in [-0.4, -0.2) is 59.6 Å². The lowest BCUT2D eigenvalue weighted by molar-refractivity contribution is 0.0563. The molecule has 3 aromatic carbocycles. The third-order valence-corrected chi connectivity index (χ3v) is 7.65. The Labute approximate surface area is 241 Å². The Morgan fingerprint density at radius 3 is 2.46 bits per heavy atom. The standard InChI is InChI=1S/C33H39N5O3/c1-33(2,3)41-32(40)36-30(34)25-13-12-24-18-29(31(39)35-20-22-14-16-37(4)17-15-22)38(28(24)19-25)21-26-10-7-9-23-8-5-6-11-27(23)26/h5-13,18-19,22H,14-17,20-21H2,1-4H3,(H,35,39)(H2,34,36,40). The van der Waals surface area contributed by atoms with E-state index in [1.807, 2.05) is 41.0 Å². The molecule has 0 unspecified atom stereocenters. The van der Waals surface area contributed by atoms with E-state index in [1.165, 1.54) is 0 Å². The number of likely N-dealkylation sites (tertiary alicyclic amines) is 1. The van der Waals surface area contributed by atoms with Crippen LogP contribution in [0.25, 0.3) is 21.7 Å². The van der Waals surface area contributed by atoms with Crippen LogP contribution >= 0.6 is 0 Å². The fraction of sp³-hybridized carbons (Fsp3) is 0.364. The molecule has 2 amide bonds. The SMILES string of the molecule is CN1CCC(CNC(=O)c2cc3ccc(C(=N)NC(=O)OC(C)(C)C)cc3n2Cc2cccc3ccccc23)CC1. The largest absolute Gasteiger partial charge is 0.444 e. The van der Waals surface area contributed by atoms with E-state index in [9.17, 15) is 9.59 Å². The Kier molecular flexibility index (Phi) is 8.13. The number of hydrogen-bond donors (Lipinski definition) is 3. The van der Waals surface area contributed by atoms with Crippen molar-refractivity contribution in [1.29, 1.82) is 5.41 Å². The molecule has 8 heteroatoms. The van der Waals surface area contributed by atoms with Crippen LogP contribution in [0.4, 0.5) is 4.79 Å². The zero-order valence-electron chi connectivity index (χ0n) is 24.3. The molecular weight excluding hydrogens is 514 g/mol. The Morgan fingerprint density at radius 2 is 1.71 bits per heavy atom. The van der Waals surface area contributed by atoms with Crippen molar-refractivity contribution in [3.8, 4) is 0 Å². The number of piperidine rings is 1. The number of hydrogen-bond acceptors (Lipinski definition) is 5. The lowest BCUT2D eigenvalue weighted by Crippen LogP contribution is -2.37. The first-order chi connectivity index (χ1) is 19.6. The van der Waals surface area contributed by atoms with Gasteiger partial charge in [-0.1, -0.05) is 54.6 Å². The van der Waals surface area contributed by atoms with Gasteiger partial charge in [0.2, 0.25) is 0 Å². The normalized spacial score (nSPS) is 14.7. The highest BCUT2D eigenvalue weighted by molar-refractivity contribution is 6.07. The molecule has 8 nitrogen and oxygen atoms in total. The summed E-state index contributed by atoms with van der Waals surface area (Å²) in [4.78, 5) is 28.3. The molecule has 1 saturated heterocycles.